The molecule has 2 rings (SSSR count). The Morgan fingerprint density at radius 2 is 0.826 bits per heavy atom. The van der Waals surface area contributed by atoms with Crippen LogP contribution in [0.2, 0.25) is 0 Å². The zero-order valence-electron chi connectivity index (χ0n) is 12.1. The van der Waals surface area contributed by atoms with Crippen molar-refractivity contribution in [3.05, 3.63) is 104 Å². The summed E-state index contributed by atoms with van der Waals surface area (Å²) in [5.41, 5.74) is 41.4. The molecule has 0 spiro atoms. The van der Waals surface area contributed by atoms with Gasteiger partial charge in [0.2, 0.25) is 0 Å². The van der Waals surface area contributed by atoms with E-state index in [1.54, 1.807) is 0 Å². The maximum Gasteiger partial charge on any atom is 2.00 e. The fraction of sp³-hybridized carbons (Fsp3) is 0.143. The van der Waals surface area contributed by atoms with E-state index in [1.807, 2.05) is 60.7 Å². The van der Waals surface area contributed by atoms with Gasteiger partial charge in [-0.2, -0.15) is 0 Å². The first kappa shape index (κ1) is 22.8. The Labute approximate surface area is 144 Å². The zero-order chi connectivity index (χ0) is 16.8. The third kappa shape index (κ3) is 9.16. The van der Waals surface area contributed by atoms with Gasteiger partial charge in [0.1, 0.15) is 0 Å². The molecule has 0 aliphatic carbocycles. The smallest absolute Gasteiger partial charge is 0.373 e. The third-order valence-electron chi connectivity index (χ3n) is 2.76. The van der Waals surface area contributed by atoms with Crippen LogP contribution in [-0.2, 0) is 16.5 Å². The van der Waals surface area contributed by atoms with Gasteiger partial charge in [0.15, 0.2) is 0 Å². The van der Waals surface area contributed by atoms with E-state index >= 15 is 0 Å². The second-order valence-electron chi connectivity index (χ2n) is 4.05. The minimum atomic E-state index is -0.163. The molecule has 0 saturated heterocycles. The molecule has 23 heavy (non-hydrogen) atoms. The Morgan fingerprint density at radius 1 is 0.609 bits per heavy atom. The normalized spacial score (nSPS) is 10.7. The van der Waals surface area contributed by atoms with Crippen molar-refractivity contribution < 1.29 is 16.5 Å². The average Bonchev–Trinajstić information content (AvgIpc) is 2.56. The standard InChI is InChI=1S/C14H16N2.2N3.Ni/c15-13(11-7-3-1-4-8-11)14(16)12-9-5-2-6-10-12;2*1-3-2;/h1-10,13-14H,15-16H2;;;/q;2*-1;+2/t13-,14-;;;/m1.../s1. The summed E-state index contributed by atoms with van der Waals surface area (Å²) in [6.07, 6.45) is 0. The SMILES string of the molecule is N[C@H](c1ccccc1)[C@H](N)c1ccccc1.[N-]=[N+]=[N-].[N-]=[N+]=[N-].[Ni+2]. The summed E-state index contributed by atoms with van der Waals surface area (Å²) < 4.78 is 0. The van der Waals surface area contributed by atoms with Gasteiger partial charge in [-0.15, -0.1) is 0 Å². The Morgan fingerprint density at radius 3 is 1.04 bits per heavy atom. The fourth-order valence-electron chi connectivity index (χ4n) is 1.77. The van der Waals surface area contributed by atoms with Crippen molar-refractivity contribution in [1.82, 2.24) is 0 Å². The van der Waals surface area contributed by atoms with Crippen LogP contribution < -0.4 is 11.5 Å². The van der Waals surface area contributed by atoms with Crippen LogP contribution in [0.15, 0.2) is 60.7 Å². The molecule has 0 unspecified atom stereocenters. The maximum absolute atomic E-state index is 6.75. The van der Waals surface area contributed by atoms with E-state index in [2.05, 4.69) is 0 Å². The fourth-order valence-corrected chi connectivity index (χ4v) is 1.77. The second-order valence-corrected chi connectivity index (χ2v) is 4.05. The van der Waals surface area contributed by atoms with Crippen LogP contribution >= 0.6 is 0 Å². The molecule has 0 fully saturated rings. The molecule has 0 radical (unpaired) electrons. The number of hydrogen-bond donors (Lipinski definition) is 2. The predicted molar refractivity (Wildman–Crippen MR) is 86.9 cm³/mol. The maximum atomic E-state index is 6.75. The van der Waals surface area contributed by atoms with Crippen molar-refractivity contribution >= 4 is 0 Å². The summed E-state index contributed by atoms with van der Waals surface area (Å²) in [5.74, 6) is 0. The molecular weight excluding hydrogens is 339 g/mol. The second kappa shape index (κ2) is 14.4. The predicted octanol–water partition coefficient (Wildman–Crippen LogP) is 4.12. The topological polar surface area (TPSA) is 169 Å². The largest absolute Gasteiger partial charge is 2.00 e. The van der Waals surface area contributed by atoms with Crippen molar-refractivity contribution in [1.29, 1.82) is 0 Å². The zero-order valence-corrected chi connectivity index (χ0v) is 13.1. The molecule has 0 aromatic heterocycles. The van der Waals surface area contributed by atoms with Crippen LogP contribution in [-0.4, -0.2) is 0 Å². The van der Waals surface area contributed by atoms with Crippen molar-refractivity contribution in [2.45, 2.75) is 12.1 Å². The molecule has 0 heterocycles. The van der Waals surface area contributed by atoms with Crippen LogP contribution in [0.3, 0.4) is 0 Å². The number of nitrogens with zero attached hydrogens (tertiary/aromatic N) is 6. The monoisotopic (exact) mass is 354 g/mol. The Bertz CT molecular complexity index is 537. The van der Waals surface area contributed by atoms with E-state index in [1.165, 1.54) is 9.82 Å². The molecule has 0 aliphatic heterocycles. The van der Waals surface area contributed by atoms with Crippen molar-refractivity contribution in [2.24, 2.45) is 11.5 Å². The first-order valence-electron chi connectivity index (χ1n) is 6.20. The van der Waals surface area contributed by atoms with E-state index in [4.69, 9.17) is 33.6 Å². The minimum Gasteiger partial charge on any atom is -0.373 e. The third-order valence-corrected chi connectivity index (χ3v) is 2.76. The molecule has 2 aromatic carbocycles. The summed E-state index contributed by atoms with van der Waals surface area (Å²) >= 11 is 0. The van der Waals surface area contributed by atoms with Gasteiger partial charge in [-0.05, 0) is 11.1 Å². The van der Waals surface area contributed by atoms with Gasteiger partial charge < -0.3 is 33.6 Å². The molecule has 122 valence electrons. The summed E-state index contributed by atoms with van der Waals surface area (Å²) in [5, 5.41) is 0. The molecule has 8 nitrogen and oxygen atoms in total. The number of rotatable bonds is 3. The van der Waals surface area contributed by atoms with Crippen molar-refractivity contribution in [2.75, 3.05) is 0 Å². The van der Waals surface area contributed by atoms with Crippen molar-refractivity contribution in [3.8, 4) is 0 Å². The van der Waals surface area contributed by atoms with E-state index < -0.39 is 0 Å². The molecule has 0 saturated carbocycles. The molecule has 2 aromatic rings. The van der Waals surface area contributed by atoms with Gasteiger partial charge in [0.05, 0.1) is 0 Å². The van der Waals surface area contributed by atoms with E-state index in [9.17, 15) is 0 Å². The van der Waals surface area contributed by atoms with E-state index in [-0.39, 0.29) is 28.6 Å². The van der Waals surface area contributed by atoms with Gasteiger partial charge in [-0.3, -0.25) is 9.82 Å². The number of hydrogen-bond acceptors (Lipinski definition) is 2. The first-order chi connectivity index (χ1) is 10.6. The molecule has 9 heteroatoms. The number of benzene rings is 2. The minimum absolute atomic E-state index is 0. The Hall–Kier alpha value is -2.53. The summed E-state index contributed by atoms with van der Waals surface area (Å²) in [7, 11) is 0. The number of nitrogens with two attached hydrogens (primary N) is 2. The Kier molecular flexibility index (Phi) is 14.3. The average molecular weight is 355 g/mol. The molecular formula is C14H16N8Ni. The molecule has 4 N–H and O–H groups in total. The quantitative estimate of drug-likeness (QED) is 0.366. The molecule has 0 bridgehead atoms. The molecule has 0 aliphatic rings. The Balaban J connectivity index is 0. The van der Waals surface area contributed by atoms with Crippen LogP contribution in [0.4, 0.5) is 0 Å². The van der Waals surface area contributed by atoms with Gasteiger partial charge in [0.25, 0.3) is 0 Å². The first-order valence-corrected chi connectivity index (χ1v) is 6.20. The van der Waals surface area contributed by atoms with Crippen LogP contribution in [0.5, 0.6) is 0 Å². The van der Waals surface area contributed by atoms with Gasteiger partial charge in [-0.1, -0.05) is 60.7 Å². The summed E-state index contributed by atoms with van der Waals surface area (Å²) in [4.78, 5) is 3.00. The van der Waals surface area contributed by atoms with Gasteiger partial charge in [-0.25, -0.2) is 0 Å². The molecule has 2 atom stereocenters. The van der Waals surface area contributed by atoms with Crippen LogP contribution in [0, 0.1) is 0 Å². The van der Waals surface area contributed by atoms with Gasteiger partial charge in [0, 0.05) is 12.1 Å². The van der Waals surface area contributed by atoms with Crippen LogP contribution in [0.25, 0.3) is 31.9 Å². The van der Waals surface area contributed by atoms with Gasteiger partial charge >= 0.3 is 16.5 Å². The summed E-state index contributed by atoms with van der Waals surface area (Å²) in [6, 6.07) is 19.6. The van der Waals surface area contributed by atoms with Crippen molar-refractivity contribution in [3.63, 3.8) is 0 Å². The molecule has 0 amide bonds. The van der Waals surface area contributed by atoms with Crippen LogP contribution in [0.1, 0.15) is 23.2 Å². The van der Waals surface area contributed by atoms with E-state index in [0.717, 1.165) is 11.1 Å². The summed E-state index contributed by atoms with van der Waals surface area (Å²) in [6.45, 7) is 0. The van der Waals surface area contributed by atoms with E-state index in [0.29, 0.717) is 0 Å².